The summed E-state index contributed by atoms with van der Waals surface area (Å²) in [6.45, 7) is 0.557. The zero-order valence-corrected chi connectivity index (χ0v) is 8.88. The summed E-state index contributed by atoms with van der Waals surface area (Å²) in [6, 6.07) is -0.0956. The number of hydrogen-bond donors (Lipinski definition) is 1. The van der Waals surface area contributed by atoms with Crippen LogP contribution in [0.4, 0.5) is 0 Å². The van der Waals surface area contributed by atoms with E-state index in [2.05, 4.69) is 14.1 Å². The first-order chi connectivity index (χ1) is 6.66. The monoisotopic (exact) mass is 231 g/mol. The minimum absolute atomic E-state index is 0.0956. The van der Waals surface area contributed by atoms with E-state index in [0.717, 1.165) is 17.4 Å². The summed E-state index contributed by atoms with van der Waals surface area (Å²) in [4.78, 5) is 0. The highest BCUT2D eigenvalue weighted by atomic mass is 32.2. The second-order valence-electron chi connectivity index (χ2n) is 3.04. The number of nitrogens with one attached hydrogen (secondary N) is 1. The molecule has 0 aromatic carbocycles. The van der Waals surface area contributed by atoms with Crippen LogP contribution < -0.4 is 5.32 Å². The third-order valence-corrected chi connectivity index (χ3v) is 3.79. The van der Waals surface area contributed by atoms with Gasteiger partial charge in [-0.2, -0.15) is 8.75 Å². The maximum absolute atomic E-state index is 11.0. The van der Waals surface area contributed by atoms with Crippen LogP contribution in [0.2, 0.25) is 0 Å². The molecule has 1 aromatic heterocycles. The molecule has 1 aliphatic heterocycles. The summed E-state index contributed by atoms with van der Waals surface area (Å²) in [6.07, 6.45) is 3.33. The summed E-state index contributed by atoms with van der Waals surface area (Å²) in [5.41, 5.74) is 0.840. The van der Waals surface area contributed by atoms with Crippen LogP contribution in [0.25, 0.3) is 0 Å². The lowest BCUT2D eigenvalue weighted by molar-refractivity contribution is 0.589. The third-order valence-electron chi connectivity index (χ3n) is 1.88. The van der Waals surface area contributed by atoms with Crippen molar-refractivity contribution in [2.45, 2.75) is 12.6 Å². The second kappa shape index (κ2) is 3.76. The van der Waals surface area contributed by atoms with Crippen molar-refractivity contribution in [3.8, 4) is 0 Å². The maximum Gasteiger partial charge on any atom is 0.173 e. The van der Waals surface area contributed by atoms with Gasteiger partial charge in [-0.1, -0.05) is 6.08 Å². The Hall–Kier alpha value is -0.790. The van der Waals surface area contributed by atoms with E-state index in [-0.39, 0.29) is 11.8 Å². The van der Waals surface area contributed by atoms with Crippen molar-refractivity contribution in [1.29, 1.82) is 0 Å². The molecule has 76 valence electrons. The molecular weight excluding hydrogens is 222 g/mol. The lowest BCUT2D eigenvalue weighted by Crippen LogP contribution is -2.29. The highest BCUT2D eigenvalue weighted by molar-refractivity contribution is 7.94. The first kappa shape index (κ1) is 9.75. The average Bonchev–Trinajstić information content (AvgIpc) is 2.70. The van der Waals surface area contributed by atoms with E-state index in [1.165, 1.54) is 5.41 Å². The number of hydrogen-bond acceptors (Lipinski definition) is 6. The minimum atomic E-state index is -2.96. The Labute approximate surface area is 86.1 Å². The predicted octanol–water partition coefficient (Wildman–Crippen LogP) is -0.0616. The molecule has 0 aliphatic carbocycles. The summed E-state index contributed by atoms with van der Waals surface area (Å²) < 4.78 is 30.0. The van der Waals surface area contributed by atoms with E-state index in [1.54, 1.807) is 12.3 Å². The molecule has 0 fully saturated rings. The molecule has 1 aliphatic rings. The van der Waals surface area contributed by atoms with E-state index >= 15 is 0 Å². The quantitative estimate of drug-likeness (QED) is 0.789. The van der Waals surface area contributed by atoms with E-state index in [1.807, 2.05) is 0 Å². The molecule has 1 aromatic rings. The SMILES string of the molecule is O=S1(=O)C=CC(NCc2cnsn2)C1. The van der Waals surface area contributed by atoms with Gasteiger partial charge in [0.1, 0.15) is 0 Å². The van der Waals surface area contributed by atoms with Gasteiger partial charge in [-0.05, 0) is 0 Å². The van der Waals surface area contributed by atoms with E-state index in [0.29, 0.717) is 6.54 Å². The van der Waals surface area contributed by atoms with E-state index in [4.69, 9.17) is 0 Å². The molecule has 2 heterocycles. The van der Waals surface area contributed by atoms with Gasteiger partial charge in [0.05, 0.1) is 29.4 Å². The molecule has 0 amide bonds. The summed E-state index contributed by atoms with van der Waals surface area (Å²) >= 11 is 1.15. The smallest absolute Gasteiger partial charge is 0.173 e. The molecule has 1 atom stereocenters. The molecule has 7 heteroatoms. The Morgan fingerprint density at radius 2 is 2.50 bits per heavy atom. The predicted molar refractivity (Wildman–Crippen MR) is 53.5 cm³/mol. The molecule has 14 heavy (non-hydrogen) atoms. The molecule has 2 rings (SSSR count). The molecular formula is C7H9N3O2S2. The van der Waals surface area contributed by atoms with Crippen LogP contribution >= 0.6 is 11.7 Å². The summed E-state index contributed by atoms with van der Waals surface area (Å²) in [7, 11) is -2.96. The Morgan fingerprint density at radius 3 is 3.07 bits per heavy atom. The van der Waals surface area contributed by atoms with Crippen molar-refractivity contribution >= 4 is 21.6 Å². The maximum atomic E-state index is 11.0. The van der Waals surface area contributed by atoms with E-state index < -0.39 is 9.84 Å². The van der Waals surface area contributed by atoms with Gasteiger partial charge in [0.25, 0.3) is 0 Å². The average molecular weight is 231 g/mol. The molecule has 0 radical (unpaired) electrons. The Kier molecular flexibility index (Phi) is 2.62. The van der Waals surface area contributed by atoms with Crippen LogP contribution in [0.15, 0.2) is 17.7 Å². The van der Waals surface area contributed by atoms with Crippen LogP contribution in [0.5, 0.6) is 0 Å². The van der Waals surface area contributed by atoms with Crippen LogP contribution in [0.3, 0.4) is 0 Å². The van der Waals surface area contributed by atoms with Gasteiger partial charge in [0.15, 0.2) is 9.84 Å². The molecule has 0 saturated heterocycles. The third kappa shape index (κ3) is 2.37. The topological polar surface area (TPSA) is 72.0 Å². The standard InChI is InChI=1S/C7H9N3O2S2/c11-14(12)2-1-6(5-14)8-3-7-4-9-13-10-7/h1-2,4,6,8H,3,5H2. The Balaban J connectivity index is 1.87. The van der Waals surface area contributed by atoms with Gasteiger partial charge in [0, 0.05) is 18.0 Å². The van der Waals surface area contributed by atoms with Gasteiger partial charge >= 0.3 is 0 Å². The Bertz CT molecular complexity index is 424. The highest BCUT2D eigenvalue weighted by Crippen LogP contribution is 2.08. The number of aromatic nitrogens is 2. The lowest BCUT2D eigenvalue weighted by atomic mass is 10.3. The van der Waals surface area contributed by atoms with Crippen molar-refractivity contribution in [2.75, 3.05) is 5.75 Å². The van der Waals surface area contributed by atoms with Gasteiger partial charge in [0.2, 0.25) is 0 Å². The minimum Gasteiger partial charge on any atom is -0.304 e. The first-order valence-corrected chi connectivity index (χ1v) is 6.51. The fourth-order valence-electron chi connectivity index (χ4n) is 1.20. The van der Waals surface area contributed by atoms with Crippen molar-refractivity contribution in [2.24, 2.45) is 0 Å². The second-order valence-corrected chi connectivity index (χ2v) is 5.53. The van der Waals surface area contributed by atoms with Gasteiger partial charge < -0.3 is 5.32 Å². The van der Waals surface area contributed by atoms with Crippen LogP contribution in [0, 0.1) is 0 Å². The Morgan fingerprint density at radius 1 is 1.64 bits per heavy atom. The fraction of sp³-hybridized carbons (Fsp3) is 0.429. The van der Waals surface area contributed by atoms with Gasteiger partial charge in [-0.3, -0.25) is 0 Å². The number of nitrogens with zero attached hydrogens (tertiary/aromatic N) is 2. The molecule has 0 spiro atoms. The van der Waals surface area contributed by atoms with Crippen LogP contribution in [-0.4, -0.2) is 29.0 Å². The summed E-state index contributed by atoms with van der Waals surface area (Å²) in [5.74, 6) is 0.143. The van der Waals surface area contributed by atoms with Crippen LogP contribution in [0.1, 0.15) is 5.69 Å². The van der Waals surface area contributed by atoms with Crippen LogP contribution in [-0.2, 0) is 16.4 Å². The fourth-order valence-corrected chi connectivity index (χ4v) is 2.90. The van der Waals surface area contributed by atoms with Crippen molar-refractivity contribution < 1.29 is 8.42 Å². The van der Waals surface area contributed by atoms with Gasteiger partial charge in [-0.25, -0.2) is 8.42 Å². The number of rotatable bonds is 3. The van der Waals surface area contributed by atoms with E-state index in [9.17, 15) is 8.42 Å². The first-order valence-electron chi connectivity index (χ1n) is 4.06. The molecule has 5 nitrogen and oxygen atoms in total. The zero-order valence-electron chi connectivity index (χ0n) is 7.25. The lowest BCUT2D eigenvalue weighted by Gasteiger charge is -2.06. The van der Waals surface area contributed by atoms with Crippen molar-refractivity contribution in [1.82, 2.24) is 14.1 Å². The zero-order chi connectivity index (χ0) is 10.0. The van der Waals surface area contributed by atoms with Crippen molar-refractivity contribution in [3.05, 3.63) is 23.4 Å². The molecule has 0 saturated carbocycles. The molecule has 0 bridgehead atoms. The van der Waals surface area contributed by atoms with Gasteiger partial charge in [-0.15, -0.1) is 0 Å². The molecule has 1 unspecified atom stereocenters. The highest BCUT2D eigenvalue weighted by Gasteiger charge is 2.20. The normalized spacial score (nSPS) is 24.1. The van der Waals surface area contributed by atoms with Crippen molar-refractivity contribution in [3.63, 3.8) is 0 Å². The summed E-state index contributed by atoms with van der Waals surface area (Å²) in [5, 5.41) is 4.33. The number of sulfone groups is 1. The molecule has 1 N–H and O–H groups in total. The largest absolute Gasteiger partial charge is 0.304 e.